The van der Waals surface area contributed by atoms with E-state index in [0.29, 0.717) is 19.3 Å². The van der Waals surface area contributed by atoms with Gasteiger partial charge >= 0.3 is 5.97 Å². The Bertz CT molecular complexity index is 445. The van der Waals surface area contributed by atoms with Gasteiger partial charge in [0, 0.05) is 12.5 Å². The first-order chi connectivity index (χ1) is 8.82. The maximum Gasteiger partial charge on any atom is 0.328 e. The molecule has 0 spiro atoms. The van der Waals surface area contributed by atoms with Gasteiger partial charge in [0.2, 0.25) is 5.91 Å². The fourth-order valence-corrected chi connectivity index (χ4v) is 4.07. The van der Waals surface area contributed by atoms with Crippen molar-refractivity contribution in [3.8, 4) is 0 Å². The Morgan fingerprint density at radius 1 is 1.42 bits per heavy atom. The number of sulfone groups is 1. The van der Waals surface area contributed by atoms with Crippen molar-refractivity contribution in [1.82, 2.24) is 4.90 Å². The molecule has 0 bridgehead atoms. The number of carbonyl (C=O) groups excluding carboxylic acids is 2. The fourth-order valence-electron chi connectivity index (χ4n) is 2.36. The molecule has 0 N–H and O–H groups in total. The Morgan fingerprint density at radius 2 is 2.05 bits per heavy atom. The smallest absolute Gasteiger partial charge is 0.328 e. The highest BCUT2D eigenvalue weighted by molar-refractivity contribution is 7.91. The Morgan fingerprint density at radius 3 is 2.47 bits per heavy atom. The second kappa shape index (κ2) is 6.36. The normalized spacial score (nSPS) is 22.8. The van der Waals surface area contributed by atoms with Gasteiger partial charge in [-0.3, -0.25) is 4.79 Å². The Kier molecular flexibility index (Phi) is 5.34. The van der Waals surface area contributed by atoms with Gasteiger partial charge in [0.05, 0.1) is 18.6 Å². The van der Waals surface area contributed by atoms with Crippen LogP contribution in [0.15, 0.2) is 0 Å². The fraction of sp³-hybridized carbons (Fsp3) is 0.833. The molecule has 1 fully saturated rings. The molecule has 0 saturated carbocycles. The molecule has 6 nitrogen and oxygen atoms in total. The summed E-state index contributed by atoms with van der Waals surface area (Å²) in [5.74, 6) is -0.707. The molecule has 1 amide bonds. The number of carbonyl (C=O) groups is 2. The number of amides is 1. The molecule has 110 valence electrons. The summed E-state index contributed by atoms with van der Waals surface area (Å²) in [6.07, 6.45) is 1.35. The lowest BCUT2D eigenvalue weighted by atomic mass is 10.1. The third-order valence-corrected chi connectivity index (χ3v) is 5.06. The summed E-state index contributed by atoms with van der Waals surface area (Å²) >= 11 is 0. The van der Waals surface area contributed by atoms with Crippen molar-refractivity contribution in [1.29, 1.82) is 0 Å². The standard InChI is InChI=1S/C12H21NO5S/c1-4-5-11(14)13(9(2)12(15)18-3)10-6-7-19(16,17)8-10/h9-10H,4-8H2,1-3H3/t9-,10+/m0/s1. The molecule has 7 heteroatoms. The highest BCUT2D eigenvalue weighted by Crippen LogP contribution is 2.21. The van der Waals surface area contributed by atoms with Gasteiger partial charge in [-0.2, -0.15) is 0 Å². The lowest BCUT2D eigenvalue weighted by molar-refractivity contribution is -0.153. The zero-order valence-corrected chi connectivity index (χ0v) is 12.4. The van der Waals surface area contributed by atoms with Gasteiger partial charge in [-0.15, -0.1) is 0 Å². The Labute approximate surface area is 114 Å². The van der Waals surface area contributed by atoms with Crippen molar-refractivity contribution in [2.75, 3.05) is 18.6 Å². The molecular weight excluding hydrogens is 270 g/mol. The van der Waals surface area contributed by atoms with Gasteiger partial charge < -0.3 is 9.64 Å². The van der Waals surface area contributed by atoms with Crippen molar-refractivity contribution in [2.24, 2.45) is 0 Å². The van der Waals surface area contributed by atoms with Gasteiger partial charge in [0.25, 0.3) is 0 Å². The first kappa shape index (κ1) is 15.9. The minimum Gasteiger partial charge on any atom is -0.467 e. The van der Waals surface area contributed by atoms with Crippen molar-refractivity contribution >= 4 is 21.7 Å². The number of hydrogen-bond donors (Lipinski definition) is 0. The molecule has 1 rings (SSSR count). The Balaban J connectivity index is 2.93. The molecule has 0 aliphatic carbocycles. The molecule has 2 atom stereocenters. The number of hydrogen-bond acceptors (Lipinski definition) is 5. The molecular formula is C12H21NO5S. The van der Waals surface area contributed by atoms with E-state index in [1.165, 1.54) is 12.0 Å². The van der Waals surface area contributed by atoms with E-state index in [0.717, 1.165) is 0 Å². The van der Waals surface area contributed by atoms with Crippen molar-refractivity contribution < 1.29 is 22.7 Å². The molecule has 19 heavy (non-hydrogen) atoms. The number of nitrogens with zero attached hydrogens (tertiary/aromatic N) is 1. The maximum atomic E-state index is 12.1. The number of rotatable bonds is 5. The first-order valence-corrected chi connectivity index (χ1v) is 8.24. The van der Waals surface area contributed by atoms with Crippen LogP contribution in [0.2, 0.25) is 0 Å². The molecule has 0 radical (unpaired) electrons. The maximum absolute atomic E-state index is 12.1. The summed E-state index contributed by atoms with van der Waals surface area (Å²) in [7, 11) is -1.84. The minimum atomic E-state index is -3.10. The summed E-state index contributed by atoms with van der Waals surface area (Å²) in [6, 6.07) is -1.17. The summed E-state index contributed by atoms with van der Waals surface area (Å²) < 4.78 is 27.7. The van der Waals surface area contributed by atoms with Crippen molar-refractivity contribution in [3.63, 3.8) is 0 Å². The average molecular weight is 291 g/mol. The largest absolute Gasteiger partial charge is 0.467 e. The van der Waals surface area contributed by atoms with Gasteiger partial charge in [0.1, 0.15) is 6.04 Å². The molecule has 1 aliphatic rings. The summed E-state index contributed by atoms with van der Waals surface area (Å²) in [5, 5.41) is 0. The average Bonchev–Trinajstić information content (AvgIpc) is 2.69. The third-order valence-electron chi connectivity index (χ3n) is 3.31. The Hall–Kier alpha value is -1.11. The highest BCUT2D eigenvalue weighted by Gasteiger charge is 2.38. The highest BCUT2D eigenvalue weighted by atomic mass is 32.2. The molecule has 1 aliphatic heterocycles. The van der Waals surface area contributed by atoms with E-state index in [4.69, 9.17) is 0 Å². The van der Waals surface area contributed by atoms with Crippen LogP contribution in [0.4, 0.5) is 0 Å². The summed E-state index contributed by atoms with van der Waals surface area (Å²) in [6.45, 7) is 3.44. The van der Waals surface area contributed by atoms with Crippen LogP contribution in [0.3, 0.4) is 0 Å². The molecule has 1 saturated heterocycles. The second-order valence-electron chi connectivity index (χ2n) is 4.81. The zero-order valence-electron chi connectivity index (χ0n) is 11.6. The molecule has 0 unspecified atom stereocenters. The predicted octanol–water partition coefficient (Wildman–Crippen LogP) is 0.364. The van der Waals surface area contributed by atoms with Crippen LogP contribution in [-0.2, 0) is 24.2 Å². The van der Waals surface area contributed by atoms with Crippen molar-refractivity contribution in [2.45, 2.75) is 45.2 Å². The SMILES string of the molecule is CCCC(=O)N([C@@H]1CCS(=O)(=O)C1)[C@@H](C)C(=O)OC. The van der Waals surface area contributed by atoms with E-state index in [1.807, 2.05) is 6.92 Å². The number of ether oxygens (including phenoxy) is 1. The van der Waals surface area contributed by atoms with E-state index >= 15 is 0 Å². The van der Waals surface area contributed by atoms with Crippen LogP contribution in [0.1, 0.15) is 33.1 Å². The van der Waals surface area contributed by atoms with Gasteiger partial charge in [-0.25, -0.2) is 13.2 Å². The second-order valence-corrected chi connectivity index (χ2v) is 7.04. The van der Waals surface area contributed by atoms with Gasteiger partial charge in [-0.1, -0.05) is 6.92 Å². The topological polar surface area (TPSA) is 80.8 Å². The van der Waals surface area contributed by atoms with E-state index in [1.54, 1.807) is 6.92 Å². The van der Waals surface area contributed by atoms with E-state index in [-0.39, 0.29) is 17.4 Å². The van der Waals surface area contributed by atoms with Crippen LogP contribution in [-0.4, -0.2) is 55.9 Å². The van der Waals surface area contributed by atoms with Gasteiger partial charge in [-0.05, 0) is 19.8 Å². The van der Waals surface area contributed by atoms with Crippen LogP contribution in [0.5, 0.6) is 0 Å². The first-order valence-electron chi connectivity index (χ1n) is 6.41. The quantitative estimate of drug-likeness (QED) is 0.683. The predicted molar refractivity (Wildman–Crippen MR) is 70.3 cm³/mol. The lowest BCUT2D eigenvalue weighted by Gasteiger charge is -2.32. The van der Waals surface area contributed by atoms with Crippen LogP contribution >= 0.6 is 0 Å². The minimum absolute atomic E-state index is 0.0657. The third kappa shape index (κ3) is 3.92. The number of esters is 1. The monoisotopic (exact) mass is 291 g/mol. The molecule has 0 aromatic heterocycles. The molecule has 1 heterocycles. The van der Waals surface area contributed by atoms with Crippen molar-refractivity contribution in [3.05, 3.63) is 0 Å². The lowest BCUT2D eigenvalue weighted by Crippen LogP contribution is -2.50. The molecule has 0 aromatic carbocycles. The van der Waals surface area contributed by atoms with E-state index in [2.05, 4.69) is 4.74 Å². The summed E-state index contributed by atoms with van der Waals surface area (Å²) in [4.78, 5) is 25.1. The van der Waals surface area contributed by atoms with E-state index in [9.17, 15) is 18.0 Å². The zero-order chi connectivity index (χ0) is 14.6. The van der Waals surface area contributed by atoms with Crippen LogP contribution in [0, 0.1) is 0 Å². The molecule has 0 aromatic rings. The van der Waals surface area contributed by atoms with Crippen LogP contribution in [0.25, 0.3) is 0 Å². The summed E-state index contributed by atoms with van der Waals surface area (Å²) in [5.41, 5.74) is 0. The van der Waals surface area contributed by atoms with Gasteiger partial charge in [0.15, 0.2) is 9.84 Å². The van der Waals surface area contributed by atoms with E-state index < -0.39 is 27.9 Å². The number of methoxy groups -OCH3 is 1. The van der Waals surface area contributed by atoms with Crippen LogP contribution < -0.4 is 0 Å².